The van der Waals surface area contributed by atoms with Gasteiger partial charge >= 0.3 is 0 Å². The summed E-state index contributed by atoms with van der Waals surface area (Å²) in [6.07, 6.45) is 0. The normalized spacial score (nSPS) is 18.6. The molecule has 0 bridgehead atoms. The van der Waals surface area contributed by atoms with Crippen LogP contribution in [0.15, 0.2) is 65.5 Å². The van der Waals surface area contributed by atoms with Gasteiger partial charge in [-0.25, -0.2) is 4.98 Å². The summed E-state index contributed by atoms with van der Waals surface area (Å²) in [5, 5.41) is 4.72. The highest BCUT2D eigenvalue weighted by molar-refractivity contribution is 5.54. The quantitative estimate of drug-likeness (QED) is 0.481. The summed E-state index contributed by atoms with van der Waals surface area (Å²) >= 11 is 0. The molecule has 0 saturated carbocycles. The van der Waals surface area contributed by atoms with Gasteiger partial charge in [0.05, 0.1) is 38.9 Å². The van der Waals surface area contributed by atoms with Crippen LogP contribution in [0.2, 0.25) is 0 Å². The van der Waals surface area contributed by atoms with E-state index in [2.05, 4.69) is 12.1 Å². The van der Waals surface area contributed by atoms with Gasteiger partial charge in [-0.1, -0.05) is 60.7 Å². The van der Waals surface area contributed by atoms with Crippen LogP contribution in [0.5, 0.6) is 0 Å². The first-order valence-electron chi connectivity index (χ1n) is 12.2. The Bertz CT molecular complexity index is 1110. The number of ether oxygens (including phenoxy) is 2. The fourth-order valence-electron chi connectivity index (χ4n) is 4.76. The molecule has 8 nitrogen and oxygen atoms in total. The van der Waals surface area contributed by atoms with Gasteiger partial charge in [0.2, 0.25) is 0 Å². The van der Waals surface area contributed by atoms with E-state index in [4.69, 9.17) is 19.6 Å². The van der Waals surface area contributed by atoms with Gasteiger partial charge in [-0.15, -0.1) is 5.10 Å². The number of rotatable bonds is 7. The van der Waals surface area contributed by atoms with Crippen molar-refractivity contribution in [2.75, 3.05) is 59.2 Å². The molecular weight excluding hydrogens is 430 g/mol. The molecule has 0 radical (unpaired) electrons. The molecule has 2 N–H and O–H groups in total. The van der Waals surface area contributed by atoms with E-state index in [1.54, 1.807) is 4.68 Å². The van der Waals surface area contributed by atoms with E-state index >= 15 is 0 Å². The second-order valence-corrected chi connectivity index (χ2v) is 9.04. The highest BCUT2D eigenvalue weighted by Gasteiger charge is 2.29. The minimum absolute atomic E-state index is 0.0971. The fraction of sp³-hybridized carbons (Fsp3) is 0.423. The zero-order chi connectivity index (χ0) is 23.2. The van der Waals surface area contributed by atoms with Crippen molar-refractivity contribution in [3.63, 3.8) is 0 Å². The Labute approximate surface area is 199 Å². The van der Waals surface area contributed by atoms with Gasteiger partial charge in [-0.05, 0) is 5.56 Å². The van der Waals surface area contributed by atoms with E-state index < -0.39 is 0 Å². The second-order valence-electron chi connectivity index (χ2n) is 9.04. The van der Waals surface area contributed by atoms with Gasteiger partial charge in [-0.3, -0.25) is 4.79 Å². The number of benzene rings is 2. The van der Waals surface area contributed by atoms with Crippen LogP contribution in [-0.2, 0) is 16.1 Å². The van der Waals surface area contributed by atoms with Crippen molar-refractivity contribution in [2.24, 2.45) is 0 Å². The molecule has 0 amide bonds. The van der Waals surface area contributed by atoms with E-state index in [0.717, 1.165) is 57.1 Å². The third-order valence-electron chi connectivity index (χ3n) is 6.73. The largest absolute Gasteiger partial charge is 0.370 e. The van der Waals surface area contributed by atoms with Crippen molar-refractivity contribution in [1.29, 1.82) is 0 Å². The van der Waals surface area contributed by atoms with Crippen molar-refractivity contribution in [2.45, 2.75) is 12.6 Å². The predicted molar refractivity (Wildman–Crippen MR) is 128 cm³/mol. The lowest BCUT2D eigenvalue weighted by Crippen LogP contribution is -3.14. The first-order chi connectivity index (χ1) is 16.8. The Morgan fingerprint density at radius 3 is 2.06 bits per heavy atom. The summed E-state index contributed by atoms with van der Waals surface area (Å²) in [5.74, 6) is 0.485. The van der Waals surface area contributed by atoms with Gasteiger partial charge in [0.25, 0.3) is 5.56 Å². The first kappa shape index (κ1) is 22.9. The topological polar surface area (TPSA) is 75.1 Å². The van der Waals surface area contributed by atoms with Crippen molar-refractivity contribution >= 4 is 0 Å². The second kappa shape index (κ2) is 11.0. The number of quaternary nitrogens is 2. The van der Waals surface area contributed by atoms with E-state index in [0.29, 0.717) is 31.4 Å². The van der Waals surface area contributed by atoms with E-state index in [1.165, 1.54) is 9.80 Å². The Kier molecular flexibility index (Phi) is 7.40. The zero-order valence-corrected chi connectivity index (χ0v) is 19.5. The molecule has 0 unspecified atom stereocenters. The lowest BCUT2D eigenvalue weighted by molar-refractivity contribution is -0.931. The number of hydrogen-bond donors (Lipinski definition) is 2. The molecule has 8 heteroatoms. The van der Waals surface area contributed by atoms with Gasteiger partial charge in [0.15, 0.2) is 12.5 Å². The smallest absolute Gasteiger partial charge is 0.294 e. The number of morpholine rings is 2. The molecule has 2 aliphatic rings. The maximum absolute atomic E-state index is 13.8. The maximum atomic E-state index is 13.8. The molecule has 2 aromatic carbocycles. The molecule has 2 fully saturated rings. The van der Waals surface area contributed by atoms with Gasteiger partial charge < -0.3 is 19.3 Å². The van der Waals surface area contributed by atoms with Crippen LogP contribution >= 0.6 is 0 Å². The lowest BCUT2D eigenvalue weighted by Gasteiger charge is -2.28. The molecule has 34 heavy (non-hydrogen) atoms. The molecule has 178 valence electrons. The van der Waals surface area contributed by atoms with E-state index in [9.17, 15) is 4.79 Å². The number of nitrogens with one attached hydrogen (secondary N) is 2. The molecule has 1 atom stereocenters. The van der Waals surface area contributed by atoms with Crippen LogP contribution in [-0.4, -0.2) is 73.9 Å². The van der Waals surface area contributed by atoms with Crippen molar-refractivity contribution in [3.05, 3.63) is 82.3 Å². The standard InChI is InChI=1S/C26H31N5O3/c32-26-24(23(21-7-3-1-4-8-21)19-29-11-15-33-16-12-29)27-25(22-9-5-2-6-10-22)28-31(26)20-30-13-17-34-18-14-30/h1-10,23H,11-20H2/p+2/t23-/m0/s1. The summed E-state index contributed by atoms with van der Waals surface area (Å²) in [6, 6.07) is 20.2. The van der Waals surface area contributed by atoms with E-state index in [1.807, 2.05) is 48.5 Å². The fourth-order valence-corrected chi connectivity index (χ4v) is 4.76. The number of hydrogen-bond acceptors (Lipinski definition) is 5. The summed E-state index contributed by atoms with van der Waals surface area (Å²) in [4.78, 5) is 21.5. The molecule has 3 aromatic rings. The van der Waals surface area contributed by atoms with Gasteiger partial charge in [0, 0.05) is 5.56 Å². The van der Waals surface area contributed by atoms with Crippen LogP contribution in [0.4, 0.5) is 0 Å². The average Bonchev–Trinajstić information content (AvgIpc) is 2.91. The van der Waals surface area contributed by atoms with Crippen LogP contribution in [0.25, 0.3) is 11.4 Å². The number of nitrogens with zero attached hydrogens (tertiary/aromatic N) is 3. The molecule has 0 aliphatic carbocycles. The van der Waals surface area contributed by atoms with E-state index in [-0.39, 0.29) is 11.5 Å². The third-order valence-corrected chi connectivity index (χ3v) is 6.73. The van der Waals surface area contributed by atoms with Crippen molar-refractivity contribution in [1.82, 2.24) is 14.8 Å². The van der Waals surface area contributed by atoms with Crippen LogP contribution in [0, 0.1) is 0 Å². The Hall–Kier alpha value is -2.91. The van der Waals surface area contributed by atoms with Crippen LogP contribution < -0.4 is 15.4 Å². The van der Waals surface area contributed by atoms with Crippen LogP contribution in [0.1, 0.15) is 17.2 Å². The first-order valence-corrected chi connectivity index (χ1v) is 12.2. The van der Waals surface area contributed by atoms with Gasteiger partial charge in [-0.2, -0.15) is 4.68 Å². The minimum Gasteiger partial charge on any atom is -0.370 e. The molecular formula is C26H33N5O3+2. The van der Waals surface area contributed by atoms with Crippen molar-refractivity contribution < 1.29 is 19.3 Å². The summed E-state index contributed by atoms with van der Waals surface area (Å²) in [6.45, 7) is 7.85. The monoisotopic (exact) mass is 463 g/mol. The highest BCUT2D eigenvalue weighted by atomic mass is 16.5. The zero-order valence-electron chi connectivity index (χ0n) is 19.5. The SMILES string of the molecule is O=c1c([C@@H](C[NH+]2CCOCC2)c2ccccc2)nc(-c2ccccc2)nn1C[NH+]1CCOCC1. The summed E-state index contributed by atoms with van der Waals surface area (Å²) in [7, 11) is 0. The molecule has 1 aromatic heterocycles. The Morgan fingerprint density at radius 1 is 0.824 bits per heavy atom. The molecule has 2 saturated heterocycles. The number of aromatic nitrogens is 3. The Balaban J connectivity index is 1.58. The van der Waals surface area contributed by atoms with Gasteiger partial charge in [0.1, 0.15) is 31.9 Å². The molecule has 5 rings (SSSR count). The third kappa shape index (κ3) is 5.42. The summed E-state index contributed by atoms with van der Waals surface area (Å²) in [5.41, 5.74) is 2.51. The highest BCUT2D eigenvalue weighted by Crippen LogP contribution is 2.21. The lowest BCUT2D eigenvalue weighted by atomic mass is 9.94. The van der Waals surface area contributed by atoms with Crippen LogP contribution in [0.3, 0.4) is 0 Å². The molecule has 0 spiro atoms. The average molecular weight is 464 g/mol. The molecule has 2 aliphatic heterocycles. The minimum atomic E-state index is -0.113. The van der Waals surface area contributed by atoms with Crippen molar-refractivity contribution in [3.8, 4) is 11.4 Å². The summed E-state index contributed by atoms with van der Waals surface area (Å²) < 4.78 is 12.7. The maximum Gasteiger partial charge on any atom is 0.294 e. The predicted octanol–water partition coefficient (Wildman–Crippen LogP) is -0.775. The Morgan fingerprint density at radius 2 is 1.41 bits per heavy atom. The molecule has 3 heterocycles.